The third-order valence-corrected chi connectivity index (χ3v) is 5.28. The van der Waals surface area contributed by atoms with E-state index in [0.717, 1.165) is 25.0 Å². The van der Waals surface area contributed by atoms with E-state index >= 15 is 0 Å². The average Bonchev–Trinajstić information content (AvgIpc) is 2.94. The maximum atomic E-state index is 12.9. The zero-order valence-corrected chi connectivity index (χ0v) is 13.1. The molecule has 1 saturated heterocycles. The van der Waals surface area contributed by atoms with E-state index in [9.17, 15) is 23.1 Å². The van der Waals surface area contributed by atoms with Gasteiger partial charge < -0.3 is 5.11 Å². The SMILES string of the molecule is O=C(O)[C@@]12CCC[C@H]1CN(Cc1cc(Cl)cc(C(F)(F)F)c1)C2. The fourth-order valence-corrected chi connectivity index (χ4v) is 4.28. The molecule has 1 aromatic carbocycles. The molecule has 2 atom stereocenters. The Bertz CT molecular complexity index is 634. The van der Waals surface area contributed by atoms with Crippen LogP contribution in [-0.4, -0.2) is 29.1 Å². The summed E-state index contributed by atoms with van der Waals surface area (Å²) in [4.78, 5) is 13.6. The molecule has 0 amide bonds. The summed E-state index contributed by atoms with van der Waals surface area (Å²) in [6.07, 6.45) is -2.03. The van der Waals surface area contributed by atoms with Crippen molar-refractivity contribution in [2.75, 3.05) is 13.1 Å². The summed E-state index contributed by atoms with van der Waals surface area (Å²) in [6, 6.07) is 3.51. The number of halogens is 4. The van der Waals surface area contributed by atoms with Crippen LogP contribution < -0.4 is 0 Å². The predicted molar refractivity (Wildman–Crippen MR) is 79.1 cm³/mol. The van der Waals surface area contributed by atoms with Gasteiger partial charge in [0.15, 0.2) is 0 Å². The van der Waals surface area contributed by atoms with Gasteiger partial charge >= 0.3 is 12.1 Å². The smallest absolute Gasteiger partial charge is 0.416 e. The van der Waals surface area contributed by atoms with Crippen LogP contribution in [0.25, 0.3) is 0 Å². The van der Waals surface area contributed by atoms with Gasteiger partial charge in [0.2, 0.25) is 0 Å². The van der Waals surface area contributed by atoms with E-state index in [1.165, 1.54) is 6.07 Å². The van der Waals surface area contributed by atoms with Crippen molar-refractivity contribution in [2.45, 2.75) is 32.0 Å². The summed E-state index contributed by atoms with van der Waals surface area (Å²) in [5.74, 6) is -0.703. The lowest BCUT2D eigenvalue weighted by Crippen LogP contribution is -2.35. The van der Waals surface area contributed by atoms with Gasteiger partial charge in [-0.25, -0.2) is 0 Å². The first-order chi connectivity index (χ1) is 10.7. The van der Waals surface area contributed by atoms with Crippen molar-refractivity contribution in [3.05, 3.63) is 34.3 Å². The maximum Gasteiger partial charge on any atom is 0.416 e. The highest BCUT2D eigenvalue weighted by Crippen LogP contribution is 2.49. The standard InChI is InChI=1S/C16H17ClF3NO2/c17-13-5-10(4-12(6-13)16(18,19)20)7-21-8-11-2-1-3-15(11,9-21)14(22)23/h4-6,11H,1-3,7-9H2,(H,22,23)/t11-,15+/m0/s1. The maximum absolute atomic E-state index is 12.9. The summed E-state index contributed by atoms with van der Waals surface area (Å²) in [7, 11) is 0. The Morgan fingerprint density at radius 3 is 2.74 bits per heavy atom. The topological polar surface area (TPSA) is 40.5 Å². The number of fused-ring (bicyclic) bond motifs is 1. The van der Waals surface area contributed by atoms with Crippen LogP contribution in [0.2, 0.25) is 5.02 Å². The van der Waals surface area contributed by atoms with Crippen molar-refractivity contribution in [3.63, 3.8) is 0 Å². The number of hydrogen-bond acceptors (Lipinski definition) is 2. The number of carbonyl (C=O) groups is 1. The zero-order chi connectivity index (χ0) is 16.8. The molecule has 0 radical (unpaired) electrons. The molecule has 3 rings (SSSR count). The lowest BCUT2D eigenvalue weighted by Gasteiger charge is -2.23. The number of carboxylic acids is 1. The second kappa shape index (κ2) is 5.67. The number of aliphatic carboxylic acids is 1. The minimum atomic E-state index is -4.44. The normalized spacial score (nSPS) is 28.1. The Kier molecular flexibility index (Phi) is 4.09. The minimum absolute atomic E-state index is 0.0437. The summed E-state index contributed by atoms with van der Waals surface area (Å²) in [6.45, 7) is 1.29. The molecule has 0 bridgehead atoms. The number of rotatable bonds is 3. The van der Waals surface area contributed by atoms with Crippen LogP contribution in [0.5, 0.6) is 0 Å². The summed E-state index contributed by atoms with van der Waals surface area (Å²) in [5, 5.41) is 9.60. The Hall–Kier alpha value is -1.27. The molecule has 1 aliphatic heterocycles. The molecular weight excluding hydrogens is 331 g/mol. The fraction of sp³-hybridized carbons (Fsp3) is 0.562. The fourth-order valence-electron chi connectivity index (χ4n) is 4.03. The molecule has 1 aliphatic carbocycles. The summed E-state index contributed by atoms with van der Waals surface area (Å²) < 4.78 is 38.6. The first kappa shape index (κ1) is 16.6. The lowest BCUT2D eigenvalue weighted by atomic mass is 9.81. The number of likely N-dealkylation sites (tertiary alicyclic amines) is 1. The second-order valence-corrected chi connectivity index (χ2v) is 7.00. The van der Waals surface area contributed by atoms with Crippen LogP contribution in [-0.2, 0) is 17.5 Å². The van der Waals surface area contributed by atoms with E-state index in [1.54, 1.807) is 0 Å². The van der Waals surface area contributed by atoms with Crippen molar-refractivity contribution in [1.82, 2.24) is 4.90 Å². The highest BCUT2D eigenvalue weighted by molar-refractivity contribution is 6.30. The van der Waals surface area contributed by atoms with Crippen LogP contribution in [0, 0.1) is 11.3 Å². The van der Waals surface area contributed by atoms with Gasteiger partial charge in [-0.15, -0.1) is 0 Å². The van der Waals surface area contributed by atoms with Crippen molar-refractivity contribution in [1.29, 1.82) is 0 Å². The highest BCUT2D eigenvalue weighted by atomic mass is 35.5. The Morgan fingerprint density at radius 1 is 1.39 bits per heavy atom. The van der Waals surface area contributed by atoms with Crippen molar-refractivity contribution in [3.8, 4) is 0 Å². The van der Waals surface area contributed by atoms with Crippen LogP contribution in [0.3, 0.4) is 0 Å². The van der Waals surface area contributed by atoms with Crippen LogP contribution in [0.15, 0.2) is 18.2 Å². The molecule has 2 aliphatic rings. The molecule has 1 aromatic rings. The molecule has 1 heterocycles. The molecule has 0 spiro atoms. The van der Waals surface area contributed by atoms with Gasteiger partial charge in [-0.2, -0.15) is 13.2 Å². The van der Waals surface area contributed by atoms with E-state index in [0.29, 0.717) is 25.1 Å². The van der Waals surface area contributed by atoms with Crippen LogP contribution in [0.1, 0.15) is 30.4 Å². The zero-order valence-electron chi connectivity index (χ0n) is 12.4. The average molecular weight is 348 g/mol. The molecule has 0 aromatic heterocycles. The van der Waals surface area contributed by atoms with Gasteiger partial charge in [0.25, 0.3) is 0 Å². The third kappa shape index (κ3) is 3.06. The first-order valence-corrected chi connectivity index (χ1v) is 7.91. The number of alkyl halides is 3. The van der Waals surface area contributed by atoms with Gasteiger partial charge in [-0.3, -0.25) is 9.69 Å². The Labute approximate surface area is 137 Å². The van der Waals surface area contributed by atoms with E-state index < -0.39 is 23.1 Å². The number of carboxylic acid groups (broad SMARTS) is 1. The van der Waals surface area contributed by atoms with Crippen molar-refractivity contribution < 1.29 is 23.1 Å². The Balaban J connectivity index is 1.79. The van der Waals surface area contributed by atoms with Gasteiger partial charge in [0.1, 0.15) is 0 Å². The first-order valence-electron chi connectivity index (χ1n) is 7.53. The monoisotopic (exact) mass is 347 g/mol. The molecule has 2 fully saturated rings. The van der Waals surface area contributed by atoms with E-state index in [4.69, 9.17) is 11.6 Å². The van der Waals surface area contributed by atoms with Gasteiger partial charge in [0.05, 0.1) is 11.0 Å². The number of benzene rings is 1. The predicted octanol–water partition coefficient (Wildman–Crippen LogP) is 4.05. The van der Waals surface area contributed by atoms with E-state index in [2.05, 4.69) is 0 Å². The van der Waals surface area contributed by atoms with Crippen LogP contribution >= 0.6 is 11.6 Å². The molecule has 0 unspecified atom stereocenters. The molecular formula is C16H17ClF3NO2. The molecule has 3 nitrogen and oxygen atoms in total. The second-order valence-electron chi connectivity index (χ2n) is 6.57. The highest BCUT2D eigenvalue weighted by Gasteiger charge is 2.54. The van der Waals surface area contributed by atoms with E-state index in [1.807, 2.05) is 4.90 Å². The lowest BCUT2D eigenvalue weighted by molar-refractivity contribution is -0.149. The van der Waals surface area contributed by atoms with Crippen molar-refractivity contribution >= 4 is 17.6 Å². The van der Waals surface area contributed by atoms with Gasteiger partial charge in [-0.05, 0) is 42.5 Å². The minimum Gasteiger partial charge on any atom is -0.481 e. The molecule has 1 N–H and O–H groups in total. The summed E-state index contributed by atoms with van der Waals surface area (Å²) in [5.41, 5.74) is -1.04. The van der Waals surface area contributed by atoms with Crippen molar-refractivity contribution in [2.24, 2.45) is 11.3 Å². The molecule has 126 valence electrons. The van der Waals surface area contributed by atoms with Gasteiger partial charge in [-0.1, -0.05) is 18.0 Å². The quantitative estimate of drug-likeness (QED) is 0.897. The molecule has 7 heteroatoms. The third-order valence-electron chi connectivity index (χ3n) is 5.06. The van der Waals surface area contributed by atoms with E-state index in [-0.39, 0.29) is 17.5 Å². The number of nitrogens with zero attached hydrogens (tertiary/aromatic N) is 1. The summed E-state index contributed by atoms with van der Waals surface area (Å²) >= 11 is 5.80. The van der Waals surface area contributed by atoms with Gasteiger partial charge in [0, 0.05) is 24.7 Å². The molecule has 23 heavy (non-hydrogen) atoms. The van der Waals surface area contributed by atoms with Crippen LogP contribution in [0.4, 0.5) is 13.2 Å². The number of hydrogen-bond donors (Lipinski definition) is 1. The Morgan fingerprint density at radius 2 is 2.13 bits per heavy atom. The largest absolute Gasteiger partial charge is 0.481 e. The molecule has 1 saturated carbocycles.